The van der Waals surface area contributed by atoms with Crippen LogP contribution in [-0.4, -0.2) is 0 Å². The van der Waals surface area contributed by atoms with E-state index in [9.17, 15) is 26.3 Å². The molecule has 1 aromatic carbocycles. The molecule has 120 valence electrons. The zero-order chi connectivity index (χ0) is 16.4. The molecule has 0 aromatic heterocycles. The van der Waals surface area contributed by atoms with Crippen LogP contribution in [0.1, 0.15) is 49.4 Å². The molecule has 0 spiro atoms. The van der Waals surface area contributed by atoms with Gasteiger partial charge in [-0.05, 0) is 42.5 Å². The van der Waals surface area contributed by atoms with Crippen molar-refractivity contribution in [1.29, 1.82) is 0 Å². The Morgan fingerprint density at radius 1 is 0.952 bits per heavy atom. The Bertz CT molecular complexity index is 475. The fourth-order valence-electron chi connectivity index (χ4n) is 1.97. The van der Waals surface area contributed by atoms with E-state index in [2.05, 4.69) is 0 Å². The second-order valence-electron chi connectivity index (χ2n) is 5.38. The van der Waals surface area contributed by atoms with Crippen LogP contribution < -0.4 is 5.73 Å². The highest BCUT2D eigenvalue weighted by Gasteiger charge is 2.38. The minimum atomic E-state index is -4.73. The number of rotatable bonds is 4. The van der Waals surface area contributed by atoms with Gasteiger partial charge in [-0.3, -0.25) is 0 Å². The summed E-state index contributed by atoms with van der Waals surface area (Å²) in [5.74, 6) is 0.205. The molecular weight excluding hydrogens is 296 g/mol. The molecule has 0 fully saturated rings. The summed E-state index contributed by atoms with van der Waals surface area (Å²) >= 11 is 0. The SMILES string of the molecule is CC(C)CCC(N)c1cc(C(F)(F)F)ccc1C(F)(F)F. The van der Waals surface area contributed by atoms with E-state index in [1.165, 1.54) is 0 Å². The van der Waals surface area contributed by atoms with Crippen LogP contribution in [0.3, 0.4) is 0 Å². The molecule has 1 atom stereocenters. The van der Waals surface area contributed by atoms with Crippen LogP contribution in [0.15, 0.2) is 18.2 Å². The van der Waals surface area contributed by atoms with Crippen molar-refractivity contribution in [3.8, 4) is 0 Å². The van der Waals surface area contributed by atoms with Crippen LogP contribution in [0.2, 0.25) is 0 Å². The average Bonchev–Trinajstić information content (AvgIpc) is 2.33. The van der Waals surface area contributed by atoms with Gasteiger partial charge in [0.05, 0.1) is 11.1 Å². The molecule has 0 bridgehead atoms. The molecule has 0 aliphatic heterocycles. The first-order chi connectivity index (χ1) is 9.43. The Morgan fingerprint density at radius 3 is 1.95 bits per heavy atom. The van der Waals surface area contributed by atoms with Gasteiger partial charge >= 0.3 is 12.4 Å². The van der Waals surface area contributed by atoms with Crippen LogP contribution in [0.5, 0.6) is 0 Å². The molecule has 2 N–H and O–H groups in total. The fourth-order valence-corrected chi connectivity index (χ4v) is 1.97. The highest BCUT2D eigenvalue weighted by molar-refractivity contribution is 5.37. The van der Waals surface area contributed by atoms with Crippen molar-refractivity contribution in [3.63, 3.8) is 0 Å². The molecule has 0 aliphatic carbocycles. The summed E-state index contributed by atoms with van der Waals surface area (Å²) in [6.07, 6.45) is -8.69. The van der Waals surface area contributed by atoms with E-state index in [-0.39, 0.29) is 12.3 Å². The predicted molar refractivity (Wildman–Crippen MR) is 67.4 cm³/mol. The number of halogens is 6. The van der Waals surface area contributed by atoms with Crippen molar-refractivity contribution in [2.75, 3.05) is 0 Å². The maximum atomic E-state index is 12.9. The number of benzene rings is 1. The van der Waals surface area contributed by atoms with Crippen LogP contribution in [0.4, 0.5) is 26.3 Å². The third kappa shape index (κ3) is 4.91. The number of hydrogen-bond acceptors (Lipinski definition) is 1. The molecule has 0 saturated heterocycles. The van der Waals surface area contributed by atoms with E-state index in [1.807, 2.05) is 13.8 Å². The first-order valence-corrected chi connectivity index (χ1v) is 6.47. The molecule has 0 amide bonds. The summed E-state index contributed by atoms with van der Waals surface area (Å²) in [5, 5.41) is 0. The number of hydrogen-bond donors (Lipinski definition) is 1. The van der Waals surface area contributed by atoms with Crippen LogP contribution >= 0.6 is 0 Å². The molecule has 0 saturated carbocycles. The molecule has 0 aliphatic rings. The van der Waals surface area contributed by atoms with E-state index in [0.29, 0.717) is 24.6 Å². The average molecular weight is 313 g/mol. The molecule has 21 heavy (non-hydrogen) atoms. The van der Waals surface area contributed by atoms with Crippen LogP contribution in [0, 0.1) is 5.92 Å². The second-order valence-corrected chi connectivity index (χ2v) is 5.38. The first kappa shape index (κ1) is 17.8. The standard InChI is InChI=1S/C14H17F6N/c1-8(2)3-6-12(21)10-7-9(13(15,16)17)4-5-11(10)14(18,19)20/h4-5,7-8,12H,3,6,21H2,1-2H3. The topological polar surface area (TPSA) is 26.0 Å². The molecule has 1 aromatic rings. The zero-order valence-electron chi connectivity index (χ0n) is 11.6. The molecule has 1 rings (SSSR count). The molecular formula is C14H17F6N. The predicted octanol–water partition coefficient (Wildman–Crippen LogP) is 5.16. The van der Waals surface area contributed by atoms with E-state index in [4.69, 9.17) is 5.73 Å². The third-order valence-electron chi connectivity index (χ3n) is 3.14. The summed E-state index contributed by atoms with van der Waals surface area (Å²) < 4.78 is 76.7. The summed E-state index contributed by atoms with van der Waals surface area (Å²) in [4.78, 5) is 0. The third-order valence-corrected chi connectivity index (χ3v) is 3.14. The normalized spacial score (nSPS) is 14.6. The number of nitrogens with two attached hydrogens (primary N) is 1. The lowest BCUT2D eigenvalue weighted by Gasteiger charge is -2.21. The fraction of sp³-hybridized carbons (Fsp3) is 0.571. The minimum Gasteiger partial charge on any atom is -0.324 e. The molecule has 1 unspecified atom stereocenters. The first-order valence-electron chi connectivity index (χ1n) is 6.47. The van der Waals surface area contributed by atoms with Gasteiger partial charge in [0, 0.05) is 6.04 Å². The van der Waals surface area contributed by atoms with Gasteiger partial charge in [0.2, 0.25) is 0 Å². The van der Waals surface area contributed by atoms with Crippen molar-refractivity contribution in [1.82, 2.24) is 0 Å². The van der Waals surface area contributed by atoms with E-state index in [0.717, 1.165) is 0 Å². The van der Waals surface area contributed by atoms with Gasteiger partial charge in [-0.15, -0.1) is 0 Å². The monoisotopic (exact) mass is 313 g/mol. The molecule has 1 nitrogen and oxygen atoms in total. The largest absolute Gasteiger partial charge is 0.416 e. The summed E-state index contributed by atoms with van der Waals surface area (Å²) in [5.41, 5.74) is 2.96. The van der Waals surface area contributed by atoms with Gasteiger partial charge in [0.25, 0.3) is 0 Å². The van der Waals surface area contributed by atoms with E-state index in [1.54, 1.807) is 0 Å². The Kier molecular flexibility index (Phi) is 5.30. The van der Waals surface area contributed by atoms with Crippen molar-refractivity contribution in [2.24, 2.45) is 11.7 Å². The van der Waals surface area contributed by atoms with Gasteiger partial charge in [0.1, 0.15) is 0 Å². The lowest BCUT2D eigenvalue weighted by Crippen LogP contribution is -2.19. The second kappa shape index (κ2) is 6.25. The van der Waals surface area contributed by atoms with E-state index >= 15 is 0 Å². The minimum absolute atomic E-state index is 0.196. The summed E-state index contributed by atoms with van der Waals surface area (Å²) in [6, 6.07) is 0.314. The lowest BCUT2D eigenvalue weighted by atomic mass is 9.93. The van der Waals surface area contributed by atoms with E-state index < -0.39 is 35.1 Å². The smallest absolute Gasteiger partial charge is 0.324 e. The molecule has 0 radical (unpaired) electrons. The Balaban J connectivity index is 3.23. The zero-order valence-corrected chi connectivity index (χ0v) is 11.6. The van der Waals surface area contributed by atoms with Gasteiger partial charge < -0.3 is 5.73 Å². The maximum Gasteiger partial charge on any atom is 0.416 e. The highest BCUT2D eigenvalue weighted by Crippen LogP contribution is 2.39. The van der Waals surface area contributed by atoms with Gasteiger partial charge in [-0.2, -0.15) is 26.3 Å². The highest BCUT2D eigenvalue weighted by atomic mass is 19.4. The lowest BCUT2D eigenvalue weighted by molar-refractivity contribution is -0.142. The quantitative estimate of drug-likeness (QED) is 0.763. The van der Waals surface area contributed by atoms with Gasteiger partial charge in [-0.25, -0.2) is 0 Å². The Labute approximate surface area is 119 Å². The van der Waals surface area contributed by atoms with Crippen molar-refractivity contribution in [2.45, 2.75) is 45.1 Å². The van der Waals surface area contributed by atoms with Crippen LogP contribution in [-0.2, 0) is 12.4 Å². The number of alkyl halides is 6. The van der Waals surface area contributed by atoms with Gasteiger partial charge in [-0.1, -0.05) is 13.8 Å². The van der Waals surface area contributed by atoms with Crippen LogP contribution in [0.25, 0.3) is 0 Å². The Hall–Kier alpha value is -1.24. The van der Waals surface area contributed by atoms with Crippen molar-refractivity contribution in [3.05, 3.63) is 34.9 Å². The summed E-state index contributed by atoms with van der Waals surface area (Å²) in [7, 11) is 0. The molecule has 0 heterocycles. The molecule has 7 heteroatoms. The maximum absolute atomic E-state index is 12.9. The van der Waals surface area contributed by atoms with Crippen molar-refractivity contribution >= 4 is 0 Å². The van der Waals surface area contributed by atoms with Gasteiger partial charge in [0.15, 0.2) is 0 Å². The van der Waals surface area contributed by atoms with Crippen molar-refractivity contribution < 1.29 is 26.3 Å². The summed E-state index contributed by atoms with van der Waals surface area (Å²) in [6.45, 7) is 3.73. The Morgan fingerprint density at radius 2 is 1.52 bits per heavy atom.